The van der Waals surface area contributed by atoms with Crippen LogP contribution >= 0.6 is 12.4 Å². The summed E-state index contributed by atoms with van der Waals surface area (Å²) in [5.74, 6) is 0.386. The molecular weight excluding hydrogens is 178 g/mol. The fraction of sp³-hybridized carbons (Fsp3) is 0.875. The maximum Gasteiger partial charge on any atom is 0.306 e. The number of hydrogen-bond acceptors (Lipinski definition) is 2. The van der Waals surface area contributed by atoms with Crippen LogP contribution in [-0.4, -0.2) is 24.2 Å². The van der Waals surface area contributed by atoms with E-state index in [1.165, 1.54) is 0 Å². The van der Waals surface area contributed by atoms with Crippen LogP contribution in [0.3, 0.4) is 0 Å². The molecule has 0 spiro atoms. The molecule has 0 radical (unpaired) electrons. The van der Waals surface area contributed by atoms with Crippen molar-refractivity contribution in [2.75, 3.05) is 13.1 Å². The lowest BCUT2D eigenvalue weighted by Gasteiger charge is -2.20. The second-order valence-electron chi connectivity index (χ2n) is 3.70. The number of fused-ring (bicyclic) bond motifs is 2. The SMILES string of the molecule is Cl.O=C(O)[C@@H]1C[C@H]2CNC[C@@H]1C2. The number of aliphatic carboxylic acids is 1. The summed E-state index contributed by atoms with van der Waals surface area (Å²) < 4.78 is 0. The third-order valence-corrected chi connectivity index (χ3v) is 2.95. The van der Waals surface area contributed by atoms with E-state index >= 15 is 0 Å². The van der Waals surface area contributed by atoms with Gasteiger partial charge in [-0.1, -0.05) is 0 Å². The number of piperidine rings is 1. The van der Waals surface area contributed by atoms with E-state index in [4.69, 9.17) is 5.11 Å². The van der Waals surface area contributed by atoms with Gasteiger partial charge in [-0.2, -0.15) is 0 Å². The minimum absolute atomic E-state index is 0. The fourth-order valence-electron chi connectivity index (χ4n) is 2.41. The van der Waals surface area contributed by atoms with Gasteiger partial charge in [-0.25, -0.2) is 0 Å². The Morgan fingerprint density at radius 1 is 1.33 bits per heavy atom. The van der Waals surface area contributed by atoms with Crippen LogP contribution in [0.2, 0.25) is 0 Å². The van der Waals surface area contributed by atoms with Gasteiger partial charge in [0.25, 0.3) is 0 Å². The molecule has 1 saturated heterocycles. The average molecular weight is 192 g/mol. The number of hydrogen-bond donors (Lipinski definition) is 2. The minimum atomic E-state index is -0.596. The van der Waals surface area contributed by atoms with Crippen LogP contribution in [0, 0.1) is 17.8 Å². The highest BCUT2D eigenvalue weighted by Crippen LogP contribution is 2.38. The van der Waals surface area contributed by atoms with Crippen LogP contribution in [-0.2, 0) is 4.79 Å². The lowest BCUT2D eigenvalue weighted by Crippen LogP contribution is -2.32. The average Bonchev–Trinajstić information content (AvgIpc) is 2.27. The lowest BCUT2D eigenvalue weighted by molar-refractivity contribution is -0.142. The van der Waals surface area contributed by atoms with Gasteiger partial charge in [0.05, 0.1) is 5.92 Å². The van der Waals surface area contributed by atoms with Crippen molar-refractivity contribution in [3.05, 3.63) is 0 Å². The number of halogens is 1. The molecule has 0 aromatic carbocycles. The first kappa shape index (κ1) is 9.81. The molecule has 0 aromatic heterocycles. The van der Waals surface area contributed by atoms with Crippen molar-refractivity contribution >= 4 is 18.4 Å². The third kappa shape index (κ3) is 1.57. The van der Waals surface area contributed by atoms with Gasteiger partial charge in [0.15, 0.2) is 0 Å². The molecule has 3 nitrogen and oxygen atoms in total. The monoisotopic (exact) mass is 191 g/mol. The maximum atomic E-state index is 10.7. The molecule has 2 fully saturated rings. The molecule has 1 aliphatic heterocycles. The molecule has 2 N–H and O–H groups in total. The first-order valence-corrected chi connectivity index (χ1v) is 4.21. The summed E-state index contributed by atoms with van der Waals surface area (Å²) >= 11 is 0. The van der Waals surface area contributed by atoms with E-state index in [-0.39, 0.29) is 18.3 Å². The molecular formula is C8H14ClNO2. The molecule has 1 saturated carbocycles. The zero-order valence-corrected chi connectivity index (χ0v) is 7.64. The molecule has 4 heteroatoms. The highest BCUT2D eigenvalue weighted by Gasteiger charge is 2.40. The van der Waals surface area contributed by atoms with Crippen molar-refractivity contribution in [3.8, 4) is 0 Å². The largest absolute Gasteiger partial charge is 0.481 e. The molecule has 0 aromatic rings. The van der Waals surface area contributed by atoms with E-state index < -0.39 is 5.97 Å². The van der Waals surface area contributed by atoms with Crippen molar-refractivity contribution in [2.45, 2.75) is 12.8 Å². The predicted octanol–water partition coefficient (Wildman–Crippen LogP) is 0.738. The molecule has 70 valence electrons. The Balaban J connectivity index is 0.000000720. The van der Waals surface area contributed by atoms with Crippen LogP contribution < -0.4 is 5.32 Å². The van der Waals surface area contributed by atoms with Crippen LogP contribution in [0.25, 0.3) is 0 Å². The van der Waals surface area contributed by atoms with Crippen molar-refractivity contribution in [2.24, 2.45) is 17.8 Å². The normalized spacial score (nSPS) is 38.8. The smallest absolute Gasteiger partial charge is 0.306 e. The number of carboxylic acids is 1. The number of carbonyl (C=O) groups is 1. The standard InChI is InChI=1S/C8H13NO2.ClH/c10-8(11)7-2-5-1-6(7)4-9-3-5;/h5-7,9H,1-4H2,(H,10,11);1H/t5-,6-,7+;/m0./s1. The molecule has 1 heterocycles. The van der Waals surface area contributed by atoms with Gasteiger partial charge in [0, 0.05) is 0 Å². The quantitative estimate of drug-likeness (QED) is 0.643. The van der Waals surface area contributed by atoms with Crippen LogP contribution in [0.4, 0.5) is 0 Å². The van der Waals surface area contributed by atoms with E-state index in [1.807, 2.05) is 0 Å². The summed E-state index contributed by atoms with van der Waals surface area (Å²) in [5, 5.41) is 12.1. The van der Waals surface area contributed by atoms with Gasteiger partial charge in [-0.05, 0) is 37.8 Å². The van der Waals surface area contributed by atoms with E-state index in [0.29, 0.717) is 11.8 Å². The minimum Gasteiger partial charge on any atom is -0.481 e. The third-order valence-electron chi connectivity index (χ3n) is 2.95. The summed E-state index contributed by atoms with van der Waals surface area (Å²) in [6.07, 6.45) is 2.02. The highest BCUT2D eigenvalue weighted by atomic mass is 35.5. The second kappa shape index (κ2) is 3.62. The highest BCUT2D eigenvalue weighted by molar-refractivity contribution is 5.85. The molecule has 2 rings (SSSR count). The molecule has 12 heavy (non-hydrogen) atoms. The van der Waals surface area contributed by atoms with E-state index in [2.05, 4.69) is 5.32 Å². The summed E-state index contributed by atoms with van der Waals surface area (Å²) in [6, 6.07) is 0. The first-order chi connectivity index (χ1) is 5.27. The fourth-order valence-corrected chi connectivity index (χ4v) is 2.41. The summed E-state index contributed by atoms with van der Waals surface area (Å²) in [5.41, 5.74) is 0. The molecule has 3 atom stereocenters. The van der Waals surface area contributed by atoms with Crippen LogP contribution in [0.1, 0.15) is 12.8 Å². The second-order valence-corrected chi connectivity index (χ2v) is 3.70. The van der Waals surface area contributed by atoms with Crippen molar-refractivity contribution in [3.63, 3.8) is 0 Å². The van der Waals surface area contributed by atoms with Gasteiger partial charge in [-0.3, -0.25) is 4.79 Å². The van der Waals surface area contributed by atoms with Crippen molar-refractivity contribution < 1.29 is 9.90 Å². The first-order valence-electron chi connectivity index (χ1n) is 4.21. The predicted molar refractivity (Wildman–Crippen MR) is 47.5 cm³/mol. The van der Waals surface area contributed by atoms with Gasteiger partial charge < -0.3 is 10.4 Å². The lowest BCUT2D eigenvalue weighted by atomic mass is 9.96. The molecule has 2 bridgehead atoms. The van der Waals surface area contributed by atoms with Crippen molar-refractivity contribution in [1.82, 2.24) is 5.32 Å². The Morgan fingerprint density at radius 2 is 2.08 bits per heavy atom. The van der Waals surface area contributed by atoms with Gasteiger partial charge in [0.1, 0.15) is 0 Å². The summed E-state index contributed by atoms with van der Waals surface area (Å²) in [4.78, 5) is 10.7. The zero-order valence-electron chi connectivity index (χ0n) is 6.82. The Hall–Kier alpha value is -0.280. The summed E-state index contributed by atoms with van der Waals surface area (Å²) in [6.45, 7) is 1.94. The van der Waals surface area contributed by atoms with Crippen LogP contribution in [0.15, 0.2) is 0 Å². The van der Waals surface area contributed by atoms with Gasteiger partial charge in [-0.15, -0.1) is 12.4 Å². The molecule has 2 aliphatic rings. The number of nitrogens with one attached hydrogen (secondary N) is 1. The number of rotatable bonds is 1. The Bertz CT molecular complexity index is 186. The van der Waals surface area contributed by atoms with Gasteiger partial charge >= 0.3 is 5.97 Å². The van der Waals surface area contributed by atoms with Crippen LogP contribution in [0.5, 0.6) is 0 Å². The molecule has 0 unspecified atom stereocenters. The summed E-state index contributed by atoms with van der Waals surface area (Å²) in [7, 11) is 0. The Kier molecular flexibility index (Phi) is 2.96. The van der Waals surface area contributed by atoms with Crippen molar-refractivity contribution in [1.29, 1.82) is 0 Å². The Labute approximate surface area is 77.9 Å². The molecule has 0 amide bonds. The topological polar surface area (TPSA) is 49.3 Å². The molecule has 1 aliphatic carbocycles. The van der Waals surface area contributed by atoms with E-state index in [1.54, 1.807) is 0 Å². The van der Waals surface area contributed by atoms with E-state index in [0.717, 1.165) is 25.9 Å². The Morgan fingerprint density at radius 3 is 2.67 bits per heavy atom. The van der Waals surface area contributed by atoms with E-state index in [9.17, 15) is 4.79 Å². The number of carboxylic acid groups (broad SMARTS) is 1. The van der Waals surface area contributed by atoms with Gasteiger partial charge in [0.2, 0.25) is 0 Å². The zero-order chi connectivity index (χ0) is 7.84. The maximum absolute atomic E-state index is 10.7.